The molecule has 0 radical (unpaired) electrons. The monoisotopic (exact) mass is 398 g/mol. The first kappa shape index (κ1) is 18.7. The second-order valence-corrected chi connectivity index (χ2v) is 9.27. The van der Waals surface area contributed by atoms with Gasteiger partial charge in [0.2, 0.25) is 0 Å². The Kier molecular flexibility index (Phi) is 7.00. The number of carbonyl (C=O) groups excluding carboxylic acids is 1. The molecule has 2 rings (SSSR count). The standard InChI is InChI=1S/C20H32N2O4S/c1-20(2,3)26-19(24)21-13-12-18(23)15-8-7-9-16(14-15)22-27(25)17-10-5-4-6-11-17/h7-9,14,17-18,22-23H,4-6,10-13H2,1-3H3,(H,21,24)/i13D2. The highest BCUT2D eigenvalue weighted by molar-refractivity contribution is 7.87. The number of amides is 1. The summed E-state index contributed by atoms with van der Waals surface area (Å²) in [6.45, 7) is 2.91. The van der Waals surface area contributed by atoms with E-state index in [4.69, 9.17) is 7.48 Å². The molecule has 152 valence electrons. The second-order valence-electron chi connectivity index (χ2n) is 7.81. The van der Waals surface area contributed by atoms with Gasteiger partial charge in [-0.1, -0.05) is 31.4 Å². The van der Waals surface area contributed by atoms with Crippen molar-refractivity contribution < 1.29 is 21.6 Å². The first-order valence-corrected chi connectivity index (χ1v) is 10.6. The summed E-state index contributed by atoms with van der Waals surface area (Å²) in [5.74, 6) is 0. The van der Waals surface area contributed by atoms with Crippen LogP contribution in [0.4, 0.5) is 10.5 Å². The number of alkyl carbamates (subject to hydrolysis) is 1. The molecule has 0 aliphatic heterocycles. The van der Waals surface area contributed by atoms with Gasteiger partial charge in [0.05, 0.1) is 11.4 Å². The lowest BCUT2D eigenvalue weighted by atomic mass is 10.0. The minimum Gasteiger partial charge on any atom is -0.444 e. The molecule has 0 aromatic heterocycles. The fourth-order valence-electron chi connectivity index (χ4n) is 2.93. The summed E-state index contributed by atoms with van der Waals surface area (Å²) in [7, 11) is -1.19. The van der Waals surface area contributed by atoms with E-state index >= 15 is 0 Å². The third-order valence-electron chi connectivity index (χ3n) is 4.23. The maximum atomic E-state index is 12.5. The minimum absolute atomic E-state index is 0.129. The molecule has 0 heterocycles. The van der Waals surface area contributed by atoms with Gasteiger partial charge in [-0.25, -0.2) is 9.00 Å². The predicted octanol–water partition coefficient (Wildman–Crippen LogP) is 4.04. The molecule has 1 aliphatic rings. The van der Waals surface area contributed by atoms with E-state index < -0.39 is 35.3 Å². The molecule has 27 heavy (non-hydrogen) atoms. The average Bonchev–Trinajstić information content (AvgIpc) is 2.60. The van der Waals surface area contributed by atoms with Gasteiger partial charge in [0, 0.05) is 14.9 Å². The van der Waals surface area contributed by atoms with Crippen LogP contribution in [0.5, 0.6) is 0 Å². The highest BCUT2D eigenvalue weighted by Gasteiger charge is 2.20. The number of anilines is 1. The molecule has 1 aromatic rings. The Morgan fingerprint density at radius 2 is 2.07 bits per heavy atom. The van der Waals surface area contributed by atoms with Crippen LogP contribution < -0.4 is 10.0 Å². The number of hydrogen-bond acceptors (Lipinski definition) is 4. The lowest BCUT2D eigenvalue weighted by molar-refractivity contribution is 0.0518. The maximum absolute atomic E-state index is 12.5. The van der Waals surface area contributed by atoms with E-state index in [2.05, 4.69) is 10.0 Å². The molecule has 2 atom stereocenters. The van der Waals surface area contributed by atoms with Crippen LogP contribution in [0.3, 0.4) is 0 Å². The Balaban J connectivity index is 1.96. The molecule has 1 saturated carbocycles. The molecule has 2 unspecified atom stereocenters. The summed E-state index contributed by atoms with van der Waals surface area (Å²) in [4.78, 5) is 11.8. The summed E-state index contributed by atoms with van der Waals surface area (Å²) in [6.07, 6.45) is 2.89. The fraction of sp³-hybridized carbons (Fsp3) is 0.650. The van der Waals surface area contributed by atoms with E-state index in [0.29, 0.717) is 11.3 Å². The minimum atomic E-state index is -2.16. The molecule has 0 spiro atoms. The van der Waals surface area contributed by atoms with Crippen molar-refractivity contribution >= 4 is 22.8 Å². The first-order valence-electron chi connectivity index (χ1n) is 10.4. The van der Waals surface area contributed by atoms with Crippen molar-refractivity contribution in [1.82, 2.24) is 5.32 Å². The Morgan fingerprint density at radius 3 is 2.74 bits per heavy atom. The van der Waals surface area contributed by atoms with Crippen LogP contribution in [-0.2, 0) is 15.7 Å². The number of benzene rings is 1. The Hall–Kier alpha value is -1.60. The van der Waals surface area contributed by atoms with Crippen molar-refractivity contribution in [3.05, 3.63) is 29.8 Å². The summed E-state index contributed by atoms with van der Waals surface area (Å²) >= 11 is 0. The number of aliphatic hydroxyl groups is 1. The molecule has 1 fully saturated rings. The van der Waals surface area contributed by atoms with Crippen LogP contribution in [0, 0.1) is 0 Å². The van der Waals surface area contributed by atoms with Crippen molar-refractivity contribution in [1.29, 1.82) is 0 Å². The summed E-state index contributed by atoms with van der Waals surface area (Å²) in [6, 6.07) is 6.82. The van der Waals surface area contributed by atoms with Gasteiger partial charge < -0.3 is 19.9 Å². The van der Waals surface area contributed by atoms with Crippen molar-refractivity contribution in [2.24, 2.45) is 0 Å². The van der Waals surface area contributed by atoms with Crippen molar-refractivity contribution in [2.45, 2.75) is 76.3 Å². The zero-order valence-electron chi connectivity index (χ0n) is 18.3. The van der Waals surface area contributed by atoms with Crippen molar-refractivity contribution in [3.63, 3.8) is 0 Å². The fourth-order valence-corrected chi connectivity index (χ4v) is 4.22. The third kappa shape index (κ3) is 7.89. The van der Waals surface area contributed by atoms with Gasteiger partial charge in [0.15, 0.2) is 0 Å². The lowest BCUT2D eigenvalue weighted by Gasteiger charge is -2.22. The van der Waals surface area contributed by atoms with Crippen LogP contribution in [0.25, 0.3) is 0 Å². The van der Waals surface area contributed by atoms with E-state index in [0.717, 1.165) is 25.7 Å². The number of carbonyl (C=O) groups is 1. The quantitative estimate of drug-likeness (QED) is 0.647. The number of aliphatic hydroxyl groups excluding tert-OH is 1. The Labute approximate surface area is 167 Å². The summed E-state index contributed by atoms with van der Waals surface area (Å²) in [5.41, 5.74) is 0.351. The molecule has 0 saturated heterocycles. The van der Waals surface area contributed by atoms with Gasteiger partial charge in [-0.3, -0.25) is 0 Å². The molecule has 3 N–H and O–H groups in total. The van der Waals surface area contributed by atoms with E-state index in [1.54, 1.807) is 45.0 Å². The first-order chi connectivity index (χ1) is 13.5. The number of rotatable bonds is 7. The third-order valence-corrected chi connectivity index (χ3v) is 5.74. The summed E-state index contributed by atoms with van der Waals surface area (Å²) in [5, 5.41) is 12.8. The van der Waals surface area contributed by atoms with E-state index in [-0.39, 0.29) is 11.7 Å². The Morgan fingerprint density at radius 1 is 1.37 bits per heavy atom. The molecule has 7 heteroatoms. The highest BCUT2D eigenvalue weighted by Crippen LogP contribution is 2.25. The molecule has 1 aromatic carbocycles. The molecule has 1 aliphatic carbocycles. The smallest absolute Gasteiger partial charge is 0.407 e. The highest BCUT2D eigenvalue weighted by atomic mass is 32.2. The normalized spacial score (nSPS) is 19.4. The number of ether oxygens (including phenoxy) is 1. The van der Waals surface area contributed by atoms with Crippen molar-refractivity contribution in [3.8, 4) is 0 Å². The van der Waals surface area contributed by atoms with Crippen LogP contribution >= 0.6 is 0 Å². The average molecular weight is 399 g/mol. The SMILES string of the molecule is [2H]C([2H])(CC(O)c1cccc(NS(=O)C2CCCCC2)c1)NC(=O)OC(C)(C)C. The van der Waals surface area contributed by atoms with Crippen LogP contribution in [0.1, 0.15) is 73.7 Å². The van der Waals surface area contributed by atoms with E-state index in [1.165, 1.54) is 6.42 Å². The zero-order chi connectivity index (χ0) is 21.7. The van der Waals surface area contributed by atoms with Gasteiger partial charge in [-0.15, -0.1) is 0 Å². The maximum Gasteiger partial charge on any atom is 0.407 e. The van der Waals surface area contributed by atoms with Crippen LogP contribution in [0.15, 0.2) is 24.3 Å². The zero-order valence-corrected chi connectivity index (χ0v) is 17.1. The van der Waals surface area contributed by atoms with Gasteiger partial charge in [0.25, 0.3) is 0 Å². The number of hydrogen-bond donors (Lipinski definition) is 3. The molecule has 1 amide bonds. The molecule has 6 nitrogen and oxygen atoms in total. The van der Waals surface area contributed by atoms with E-state index in [1.807, 2.05) is 0 Å². The lowest BCUT2D eigenvalue weighted by Crippen LogP contribution is -2.33. The topological polar surface area (TPSA) is 87.7 Å². The largest absolute Gasteiger partial charge is 0.444 e. The predicted molar refractivity (Wildman–Crippen MR) is 109 cm³/mol. The van der Waals surface area contributed by atoms with Gasteiger partial charge >= 0.3 is 6.09 Å². The number of nitrogens with one attached hydrogen (secondary N) is 2. The van der Waals surface area contributed by atoms with Crippen LogP contribution in [0.2, 0.25) is 0 Å². The van der Waals surface area contributed by atoms with Gasteiger partial charge in [-0.2, -0.15) is 0 Å². The molecule has 0 bridgehead atoms. The molecular weight excluding hydrogens is 364 g/mol. The van der Waals surface area contributed by atoms with E-state index in [9.17, 15) is 14.1 Å². The van der Waals surface area contributed by atoms with Gasteiger partial charge in [-0.05, 0) is 57.7 Å². The summed E-state index contributed by atoms with van der Waals surface area (Å²) < 4.78 is 36.6. The van der Waals surface area contributed by atoms with Crippen LogP contribution in [-0.4, -0.2) is 32.8 Å². The second kappa shape index (κ2) is 10.1. The van der Waals surface area contributed by atoms with Gasteiger partial charge in [0.1, 0.15) is 16.6 Å². The van der Waals surface area contributed by atoms with Crippen molar-refractivity contribution in [2.75, 3.05) is 11.2 Å². The Bertz CT molecular complexity index is 719. The molecular formula is C20H32N2O4S.